The van der Waals surface area contributed by atoms with Gasteiger partial charge in [0.1, 0.15) is 11.4 Å². The van der Waals surface area contributed by atoms with Gasteiger partial charge in [0.05, 0.1) is 18.7 Å². The highest BCUT2D eigenvalue weighted by atomic mass is 16.5. The summed E-state index contributed by atoms with van der Waals surface area (Å²) in [5.74, 6) is 1.09. The van der Waals surface area contributed by atoms with Crippen LogP contribution < -0.4 is 4.74 Å². The third-order valence-electron chi connectivity index (χ3n) is 5.45. The van der Waals surface area contributed by atoms with E-state index in [1.807, 2.05) is 36.2 Å². The van der Waals surface area contributed by atoms with Crippen molar-refractivity contribution in [3.05, 3.63) is 36.0 Å². The van der Waals surface area contributed by atoms with E-state index in [2.05, 4.69) is 4.98 Å². The summed E-state index contributed by atoms with van der Waals surface area (Å²) in [6.45, 7) is 1.24. The Kier molecular flexibility index (Phi) is 3.82. The molecule has 3 heterocycles. The van der Waals surface area contributed by atoms with E-state index in [1.54, 1.807) is 18.1 Å². The zero-order valence-corrected chi connectivity index (χ0v) is 14.4. The van der Waals surface area contributed by atoms with Crippen molar-refractivity contribution < 1.29 is 14.3 Å². The van der Waals surface area contributed by atoms with Crippen molar-refractivity contribution in [1.29, 1.82) is 0 Å². The number of carbonyl (C=O) groups excluding carboxylic acids is 2. The van der Waals surface area contributed by atoms with Gasteiger partial charge in [-0.2, -0.15) is 0 Å². The lowest BCUT2D eigenvalue weighted by molar-refractivity contribution is -0.127. The van der Waals surface area contributed by atoms with Crippen molar-refractivity contribution in [1.82, 2.24) is 14.8 Å². The van der Waals surface area contributed by atoms with E-state index in [1.165, 1.54) is 0 Å². The van der Waals surface area contributed by atoms with E-state index in [4.69, 9.17) is 4.74 Å². The molecular formula is C19H21N3O3. The molecular weight excluding hydrogens is 318 g/mol. The number of nitrogens with zero attached hydrogens (tertiary/aromatic N) is 3. The summed E-state index contributed by atoms with van der Waals surface area (Å²) in [6.07, 6.45) is 1.46. The zero-order valence-electron chi connectivity index (χ0n) is 14.4. The number of piperidine rings is 1. The molecule has 2 aromatic rings. The zero-order chi connectivity index (χ0) is 17.6. The number of pyridine rings is 1. The fraction of sp³-hybridized carbons (Fsp3) is 0.421. The van der Waals surface area contributed by atoms with Crippen LogP contribution in [0.1, 0.15) is 23.3 Å². The molecule has 0 N–H and O–H groups in total. The minimum Gasteiger partial charge on any atom is -0.496 e. The molecule has 6 nitrogen and oxygen atoms in total. The molecule has 0 radical (unpaired) electrons. The highest BCUT2D eigenvalue weighted by Crippen LogP contribution is 2.32. The highest BCUT2D eigenvalue weighted by Gasteiger charge is 2.42. The lowest BCUT2D eigenvalue weighted by Gasteiger charge is -2.37. The van der Waals surface area contributed by atoms with E-state index in [9.17, 15) is 9.59 Å². The summed E-state index contributed by atoms with van der Waals surface area (Å²) in [7, 11) is 3.43. The van der Waals surface area contributed by atoms with Crippen molar-refractivity contribution in [2.24, 2.45) is 5.92 Å². The van der Waals surface area contributed by atoms with Crippen LogP contribution >= 0.6 is 0 Å². The number of hydrogen-bond acceptors (Lipinski definition) is 4. The van der Waals surface area contributed by atoms with Gasteiger partial charge in [0.25, 0.3) is 5.91 Å². The van der Waals surface area contributed by atoms with Crippen LogP contribution in [0.5, 0.6) is 5.75 Å². The molecule has 2 aliphatic rings. The van der Waals surface area contributed by atoms with Crippen LogP contribution in [-0.4, -0.2) is 59.9 Å². The summed E-state index contributed by atoms with van der Waals surface area (Å²) < 4.78 is 5.44. The normalized spacial score (nSPS) is 23.0. The molecule has 2 atom stereocenters. The van der Waals surface area contributed by atoms with Crippen LogP contribution in [0.15, 0.2) is 30.3 Å². The summed E-state index contributed by atoms with van der Waals surface area (Å²) in [5, 5.41) is 0.890. The van der Waals surface area contributed by atoms with Crippen LogP contribution in [-0.2, 0) is 4.79 Å². The van der Waals surface area contributed by atoms with Crippen molar-refractivity contribution in [3.8, 4) is 5.75 Å². The number of likely N-dealkylation sites (N-methyl/N-ethyl adjacent to an activating group) is 1. The molecule has 6 heteroatoms. The number of aromatic nitrogens is 1. The summed E-state index contributed by atoms with van der Waals surface area (Å²) in [4.78, 5) is 33.0. The minimum absolute atomic E-state index is 0.102. The Morgan fingerprint density at radius 3 is 2.92 bits per heavy atom. The van der Waals surface area contributed by atoms with Crippen LogP contribution in [0.4, 0.5) is 0 Å². The van der Waals surface area contributed by atoms with E-state index in [0.717, 1.165) is 17.3 Å². The first kappa shape index (κ1) is 15.9. The van der Waals surface area contributed by atoms with E-state index >= 15 is 0 Å². The maximum Gasteiger partial charge on any atom is 0.272 e. The van der Waals surface area contributed by atoms with Gasteiger partial charge in [0.15, 0.2) is 0 Å². The Bertz CT molecular complexity index is 851. The fourth-order valence-electron chi connectivity index (χ4n) is 3.98. The predicted molar refractivity (Wildman–Crippen MR) is 93.5 cm³/mol. The fourth-order valence-corrected chi connectivity index (χ4v) is 3.98. The molecule has 0 bridgehead atoms. The second kappa shape index (κ2) is 6.02. The van der Waals surface area contributed by atoms with Crippen LogP contribution in [0.3, 0.4) is 0 Å². The van der Waals surface area contributed by atoms with Crippen LogP contribution in [0.2, 0.25) is 0 Å². The molecule has 4 rings (SSSR count). The molecule has 1 aromatic carbocycles. The first-order chi connectivity index (χ1) is 12.1. The second-order valence-electron chi connectivity index (χ2n) is 6.80. The first-order valence-corrected chi connectivity index (χ1v) is 8.57. The van der Waals surface area contributed by atoms with Crippen molar-refractivity contribution in [2.45, 2.75) is 18.9 Å². The van der Waals surface area contributed by atoms with Gasteiger partial charge >= 0.3 is 0 Å². The topological polar surface area (TPSA) is 62.7 Å². The lowest BCUT2D eigenvalue weighted by Crippen LogP contribution is -2.49. The number of likely N-dealkylation sites (tertiary alicyclic amines) is 2. The molecule has 2 amide bonds. The Morgan fingerprint density at radius 1 is 1.32 bits per heavy atom. The third kappa shape index (κ3) is 2.62. The number of amides is 2. The number of fused-ring (bicyclic) bond motifs is 2. The molecule has 2 aliphatic heterocycles. The Hall–Kier alpha value is -2.63. The summed E-state index contributed by atoms with van der Waals surface area (Å²) >= 11 is 0. The Morgan fingerprint density at radius 2 is 2.12 bits per heavy atom. The van der Waals surface area contributed by atoms with Gasteiger partial charge in [-0.25, -0.2) is 4.98 Å². The molecule has 2 saturated heterocycles. The molecule has 130 valence electrons. The van der Waals surface area contributed by atoms with Crippen molar-refractivity contribution in [3.63, 3.8) is 0 Å². The molecule has 25 heavy (non-hydrogen) atoms. The number of para-hydroxylation sites is 1. The van der Waals surface area contributed by atoms with Gasteiger partial charge in [-0.15, -0.1) is 0 Å². The Labute approximate surface area is 146 Å². The maximum atomic E-state index is 13.0. The molecule has 0 saturated carbocycles. The predicted octanol–water partition coefficient (Wildman–Crippen LogP) is 1.94. The number of ether oxygens (including phenoxy) is 1. The smallest absolute Gasteiger partial charge is 0.272 e. The largest absolute Gasteiger partial charge is 0.496 e. The van der Waals surface area contributed by atoms with Crippen LogP contribution in [0.25, 0.3) is 10.9 Å². The van der Waals surface area contributed by atoms with Crippen molar-refractivity contribution >= 4 is 22.7 Å². The monoisotopic (exact) mass is 339 g/mol. The van der Waals surface area contributed by atoms with E-state index in [0.29, 0.717) is 36.9 Å². The summed E-state index contributed by atoms with van der Waals surface area (Å²) in [6, 6.07) is 9.46. The third-order valence-corrected chi connectivity index (χ3v) is 5.45. The Balaban J connectivity index is 1.63. The molecule has 0 spiro atoms. The molecule has 0 unspecified atom stereocenters. The average molecular weight is 339 g/mol. The van der Waals surface area contributed by atoms with Crippen LogP contribution in [0, 0.1) is 5.92 Å². The van der Waals surface area contributed by atoms with Gasteiger partial charge in [0.2, 0.25) is 5.91 Å². The van der Waals surface area contributed by atoms with Gasteiger partial charge in [-0.05, 0) is 24.5 Å². The van der Waals surface area contributed by atoms with Gasteiger partial charge < -0.3 is 14.5 Å². The maximum absolute atomic E-state index is 13.0. The van der Waals surface area contributed by atoms with Gasteiger partial charge in [-0.3, -0.25) is 9.59 Å². The highest BCUT2D eigenvalue weighted by molar-refractivity contribution is 5.97. The van der Waals surface area contributed by atoms with E-state index < -0.39 is 0 Å². The lowest BCUT2D eigenvalue weighted by atomic mass is 9.92. The number of hydrogen-bond donors (Lipinski definition) is 0. The standard InChI is InChI=1S/C19H21N3O3/c1-21-16-11-22(8-7-12(16)9-18(21)23)19(24)15-10-17(25-2)13-5-3-4-6-14(13)20-15/h3-6,10,12,16H,7-9,11H2,1-2H3/t12-,16-/m1/s1. The number of carbonyl (C=O) groups is 2. The van der Waals surface area contributed by atoms with E-state index in [-0.39, 0.29) is 17.9 Å². The van der Waals surface area contributed by atoms with Crippen molar-refractivity contribution in [2.75, 3.05) is 27.2 Å². The minimum atomic E-state index is -0.102. The molecule has 2 fully saturated rings. The summed E-state index contributed by atoms with van der Waals surface area (Å²) in [5.41, 5.74) is 1.13. The van der Waals surface area contributed by atoms with Gasteiger partial charge in [-0.1, -0.05) is 12.1 Å². The quantitative estimate of drug-likeness (QED) is 0.839. The number of rotatable bonds is 2. The number of benzene rings is 1. The second-order valence-corrected chi connectivity index (χ2v) is 6.80. The first-order valence-electron chi connectivity index (χ1n) is 8.57. The SMILES string of the molecule is COc1cc(C(=O)N2CC[C@@H]3CC(=O)N(C)[C@@H]3C2)nc2ccccc12. The average Bonchev–Trinajstić information content (AvgIpc) is 2.93. The van der Waals surface area contributed by atoms with Gasteiger partial charge in [0, 0.05) is 38.0 Å². The molecule has 1 aromatic heterocycles. The molecule has 0 aliphatic carbocycles. The number of methoxy groups -OCH3 is 1.